The molecule has 398 valence electrons. The van der Waals surface area contributed by atoms with E-state index in [0.717, 1.165) is 64.2 Å². The molecule has 0 aromatic rings. The lowest BCUT2D eigenvalue weighted by atomic mass is 9.85. The summed E-state index contributed by atoms with van der Waals surface area (Å²) in [5.41, 5.74) is 0. The summed E-state index contributed by atoms with van der Waals surface area (Å²) in [7, 11) is -5.03. The van der Waals surface area contributed by atoms with Gasteiger partial charge in [0.15, 0.2) is 0 Å². The molecule has 0 spiro atoms. The Balaban J connectivity index is 2.31. The summed E-state index contributed by atoms with van der Waals surface area (Å²) in [4.78, 5) is 23.3. The van der Waals surface area contributed by atoms with Crippen molar-refractivity contribution in [3.63, 3.8) is 0 Å². The maximum absolute atomic E-state index is 12.9. The van der Waals surface area contributed by atoms with Gasteiger partial charge in [-0.05, 0) is 77.0 Å². The standard InChI is InChI=1S/C55H101O12P/c1-3-5-7-9-11-13-15-17-19-21-23-24-25-26-27-28-30-32-34-36-38-40-42-44-49(56)66-48(47-65-68(62,63)67-55-53(60)51(58)50(57)52(59)54(55)61)46-64-45-43-41-39-37-35-33-31-29-22-20-18-16-14-12-10-8-6-4-2/h12,14-15,17-18,20-21,23,48,50-55,57-61H,3-11,13,16,19,22,24-47H2,1-2H3,(H,62,63)/b14-12-,17-15-,20-18-,23-21-. The first-order valence-electron chi connectivity index (χ1n) is 27.5. The molecule has 0 aromatic heterocycles. The molecule has 0 saturated heterocycles. The molecule has 0 amide bonds. The van der Waals surface area contributed by atoms with Crippen LogP contribution in [-0.2, 0) is 27.9 Å². The SMILES string of the molecule is CCCCC/C=C\C/C=C\CCCCCCCCCCOCC(COP(=O)(O)OC1C(O)C(O)C(O)C(O)C1O)OC(=O)CCCCCCCCCCCCC/C=C\C/C=C\CCCCCCC. The van der Waals surface area contributed by atoms with Crippen LogP contribution in [0.1, 0.15) is 232 Å². The van der Waals surface area contributed by atoms with E-state index in [2.05, 4.69) is 62.5 Å². The number of aliphatic hydroxyl groups excluding tert-OH is 5. The highest BCUT2D eigenvalue weighted by Crippen LogP contribution is 2.47. The fourth-order valence-corrected chi connectivity index (χ4v) is 9.27. The Hall–Kier alpha value is -1.70. The fourth-order valence-electron chi connectivity index (χ4n) is 8.30. The molecule has 0 bridgehead atoms. The van der Waals surface area contributed by atoms with Gasteiger partial charge in [0.05, 0.1) is 13.2 Å². The molecule has 0 radical (unpaired) electrons. The first-order valence-corrected chi connectivity index (χ1v) is 29.0. The van der Waals surface area contributed by atoms with E-state index in [0.29, 0.717) is 13.0 Å². The maximum Gasteiger partial charge on any atom is 0.472 e. The van der Waals surface area contributed by atoms with E-state index < -0.39 is 63.1 Å². The molecular weight excluding hydrogens is 884 g/mol. The fraction of sp³-hybridized carbons (Fsp3) is 0.836. The molecule has 6 unspecified atom stereocenters. The van der Waals surface area contributed by atoms with E-state index in [9.17, 15) is 39.8 Å². The van der Waals surface area contributed by atoms with Gasteiger partial charge in [-0.3, -0.25) is 13.8 Å². The number of esters is 1. The second-order valence-electron chi connectivity index (χ2n) is 19.1. The number of hydrogen-bond donors (Lipinski definition) is 6. The average molecular weight is 985 g/mol. The number of ether oxygens (including phenoxy) is 2. The number of aliphatic hydroxyl groups is 5. The van der Waals surface area contributed by atoms with Crippen molar-refractivity contribution < 1.29 is 58.3 Å². The summed E-state index contributed by atoms with van der Waals surface area (Å²) in [6.07, 6.45) is 44.6. The smallest absolute Gasteiger partial charge is 0.457 e. The van der Waals surface area contributed by atoms with E-state index in [1.807, 2.05) is 0 Å². The molecule has 12 nitrogen and oxygen atoms in total. The van der Waals surface area contributed by atoms with Crippen molar-refractivity contribution in [3.8, 4) is 0 Å². The Bertz CT molecular complexity index is 1310. The van der Waals surface area contributed by atoms with Gasteiger partial charge in [0, 0.05) is 13.0 Å². The zero-order valence-electron chi connectivity index (χ0n) is 42.9. The Labute approximate surface area is 414 Å². The minimum atomic E-state index is -5.03. The van der Waals surface area contributed by atoms with Gasteiger partial charge in [0.1, 0.15) is 42.7 Å². The molecule has 0 heterocycles. The van der Waals surface area contributed by atoms with Crippen molar-refractivity contribution in [1.29, 1.82) is 0 Å². The molecule has 0 aromatic carbocycles. The van der Waals surface area contributed by atoms with Gasteiger partial charge in [-0.25, -0.2) is 4.57 Å². The highest BCUT2D eigenvalue weighted by atomic mass is 31.2. The third kappa shape index (κ3) is 36.3. The topological polar surface area (TPSA) is 192 Å². The average Bonchev–Trinajstić information content (AvgIpc) is 3.32. The predicted molar refractivity (Wildman–Crippen MR) is 276 cm³/mol. The number of rotatable bonds is 47. The number of phosphoric ester groups is 1. The normalized spacial score (nSPS) is 21.5. The quantitative estimate of drug-likeness (QED) is 0.0147. The van der Waals surface area contributed by atoms with Crippen LogP contribution >= 0.6 is 7.82 Å². The van der Waals surface area contributed by atoms with Crippen LogP contribution in [0.15, 0.2) is 48.6 Å². The Morgan fingerprint density at radius 2 is 0.824 bits per heavy atom. The number of allylic oxidation sites excluding steroid dienone is 8. The molecule has 1 fully saturated rings. The summed E-state index contributed by atoms with van der Waals surface area (Å²) >= 11 is 0. The van der Waals surface area contributed by atoms with Crippen LogP contribution in [0.5, 0.6) is 0 Å². The number of unbranched alkanes of at least 4 members (excludes halogenated alkanes) is 27. The van der Waals surface area contributed by atoms with Crippen LogP contribution < -0.4 is 0 Å². The molecule has 6 atom stereocenters. The van der Waals surface area contributed by atoms with Crippen LogP contribution in [0.2, 0.25) is 0 Å². The first-order chi connectivity index (χ1) is 33.0. The van der Waals surface area contributed by atoms with Crippen LogP contribution in [-0.4, -0.2) is 98.9 Å². The monoisotopic (exact) mass is 985 g/mol. The summed E-state index contributed by atoms with van der Waals surface area (Å²) in [6, 6.07) is 0. The second-order valence-corrected chi connectivity index (χ2v) is 20.5. The molecule has 1 saturated carbocycles. The van der Waals surface area contributed by atoms with Crippen LogP contribution in [0, 0.1) is 0 Å². The van der Waals surface area contributed by atoms with Gasteiger partial charge in [-0.2, -0.15) is 0 Å². The molecule has 13 heteroatoms. The van der Waals surface area contributed by atoms with Gasteiger partial charge in [-0.1, -0.05) is 197 Å². The molecule has 1 aliphatic rings. The van der Waals surface area contributed by atoms with E-state index >= 15 is 0 Å². The number of hydrogen-bond acceptors (Lipinski definition) is 11. The third-order valence-electron chi connectivity index (χ3n) is 12.7. The highest BCUT2D eigenvalue weighted by Gasteiger charge is 2.51. The van der Waals surface area contributed by atoms with Gasteiger partial charge in [0.25, 0.3) is 0 Å². The Morgan fingerprint density at radius 3 is 1.26 bits per heavy atom. The zero-order chi connectivity index (χ0) is 49.8. The van der Waals surface area contributed by atoms with Crippen LogP contribution in [0.25, 0.3) is 0 Å². The van der Waals surface area contributed by atoms with E-state index in [4.69, 9.17) is 18.5 Å². The van der Waals surface area contributed by atoms with E-state index in [1.165, 1.54) is 141 Å². The minimum absolute atomic E-state index is 0.0814. The van der Waals surface area contributed by atoms with Gasteiger partial charge in [0.2, 0.25) is 0 Å². The lowest BCUT2D eigenvalue weighted by Crippen LogP contribution is -2.64. The van der Waals surface area contributed by atoms with Crippen molar-refractivity contribution in [2.24, 2.45) is 0 Å². The highest BCUT2D eigenvalue weighted by molar-refractivity contribution is 7.47. The number of phosphoric acid groups is 1. The summed E-state index contributed by atoms with van der Waals surface area (Å²) in [5, 5.41) is 50.4. The first kappa shape index (κ1) is 64.3. The lowest BCUT2D eigenvalue weighted by Gasteiger charge is -2.41. The number of carbonyl (C=O) groups excluding carboxylic acids is 1. The van der Waals surface area contributed by atoms with Crippen molar-refractivity contribution in [1.82, 2.24) is 0 Å². The van der Waals surface area contributed by atoms with Crippen molar-refractivity contribution in [2.75, 3.05) is 19.8 Å². The van der Waals surface area contributed by atoms with Gasteiger partial charge in [-0.15, -0.1) is 0 Å². The van der Waals surface area contributed by atoms with Crippen molar-refractivity contribution in [3.05, 3.63) is 48.6 Å². The van der Waals surface area contributed by atoms with E-state index in [-0.39, 0.29) is 13.0 Å². The third-order valence-corrected chi connectivity index (χ3v) is 13.7. The number of carbonyl (C=O) groups is 1. The molecule has 1 rings (SSSR count). The largest absolute Gasteiger partial charge is 0.472 e. The molecule has 6 N–H and O–H groups in total. The molecular formula is C55H101O12P. The lowest BCUT2D eigenvalue weighted by molar-refractivity contribution is -0.220. The van der Waals surface area contributed by atoms with Gasteiger partial charge >= 0.3 is 13.8 Å². The van der Waals surface area contributed by atoms with Gasteiger partial charge < -0.3 is 39.9 Å². The second kappa shape index (κ2) is 45.2. The molecule has 68 heavy (non-hydrogen) atoms. The van der Waals surface area contributed by atoms with Crippen molar-refractivity contribution >= 4 is 13.8 Å². The molecule has 0 aliphatic heterocycles. The summed E-state index contributed by atoms with van der Waals surface area (Å²) in [6.45, 7) is 4.24. The summed E-state index contributed by atoms with van der Waals surface area (Å²) in [5.74, 6) is -0.480. The van der Waals surface area contributed by atoms with E-state index in [1.54, 1.807) is 0 Å². The predicted octanol–water partition coefficient (Wildman–Crippen LogP) is 12.8. The summed E-state index contributed by atoms with van der Waals surface area (Å²) < 4.78 is 34.4. The zero-order valence-corrected chi connectivity index (χ0v) is 43.8. The minimum Gasteiger partial charge on any atom is -0.457 e. The Morgan fingerprint density at radius 1 is 0.471 bits per heavy atom. The van der Waals surface area contributed by atoms with Crippen LogP contribution in [0.4, 0.5) is 0 Å². The maximum atomic E-state index is 12.9. The molecule has 1 aliphatic carbocycles. The Kier molecular flexibility index (Phi) is 42.7. The van der Waals surface area contributed by atoms with Crippen LogP contribution in [0.3, 0.4) is 0 Å². The van der Waals surface area contributed by atoms with Crippen molar-refractivity contribution in [2.45, 2.75) is 275 Å².